The summed E-state index contributed by atoms with van der Waals surface area (Å²) in [5.41, 5.74) is 0.283. The molecule has 1 aromatic rings. The second kappa shape index (κ2) is 5.99. The lowest BCUT2D eigenvalue weighted by atomic mass is 9.77. The van der Waals surface area contributed by atoms with Crippen LogP contribution in [-0.2, 0) is 25.7 Å². The van der Waals surface area contributed by atoms with Crippen molar-refractivity contribution in [2.24, 2.45) is 11.8 Å². The second-order valence-corrected chi connectivity index (χ2v) is 7.22. The molecule has 1 spiro atoms. The summed E-state index contributed by atoms with van der Waals surface area (Å²) in [5.74, 6) is -1.33. The number of esters is 1. The molecule has 0 N–H and O–H groups in total. The number of carbonyl (C=O) groups excluding carboxylic acids is 2. The van der Waals surface area contributed by atoms with Crippen molar-refractivity contribution < 1.29 is 19.1 Å². The van der Waals surface area contributed by atoms with Crippen LogP contribution in [0.25, 0.3) is 0 Å². The molecule has 25 heavy (non-hydrogen) atoms. The number of amides is 1. The molecule has 3 aliphatic rings. The summed E-state index contributed by atoms with van der Waals surface area (Å²) < 4.78 is 11.6. The van der Waals surface area contributed by atoms with E-state index in [1.165, 1.54) is 0 Å². The van der Waals surface area contributed by atoms with Gasteiger partial charge in [-0.1, -0.05) is 49.4 Å². The number of rotatable bonds is 5. The van der Waals surface area contributed by atoms with Gasteiger partial charge in [-0.3, -0.25) is 9.59 Å². The standard InChI is InChI=1S/C20H23NO4/c1-3-13(2)21-12-20-10-9-15(25-20)16(17(20)18(21)22)19(23)24-11-14-7-5-4-6-8-14/h4-10,13,15-17H,3,11-12H2,1-2H3/t13-,15+,16+,17+,20+/m0/s1. The van der Waals surface area contributed by atoms with E-state index in [1.807, 2.05) is 54.3 Å². The van der Waals surface area contributed by atoms with E-state index in [-0.39, 0.29) is 30.6 Å². The molecule has 5 heteroatoms. The van der Waals surface area contributed by atoms with Crippen molar-refractivity contribution in [1.82, 2.24) is 4.90 Å². The molecule has 0 aliphatic carbocycles. The second-order valence-electron chi connectivity index (χ2n) is 7.22. The molecule has 3 aliphatic heterocycles. The highest BCUT2D eigenvalue weighted by Crippen LogP contribution is 2.52. The Labute approximate surface area is 147 Å². The number of likely N-dealkylation sites (tertiary alicyclic amines) is 1. The van der Waals surface area contributed by atoms with Crippen molar-refractivity contribution in [1.29, 1.82) is 0 Å². The minimum atomic E-state index is -0.651. The topological polar surface area (TPSA) is 55.8 Å². The molecule has 132 valence electrons. The molecule has 0 aromatic heterocycles. The van der Waals surface area contributed by atoms with Crippen molar-refractivity contribution in [2.45, 2.75) is 44.6 Å². The van der Waals surface area contributed by atoms with E-state index in [0.29, 0.717) is 6.54 Å². The van der Waals surface area contributed by atoms with Crippen LogP contribution in [0.1, 0.15) is 25.8 Å². The fourth-order valence-corrected chi connectivity index (χ4v) is 4.22. The summed E-state index contributed by atoms with van der Waals surface area (Å²) >= 11 is 0. The van der Waals surface area contributed by atoms with Crippen LogP contribution in [0.4, 0.5) is 0 Å². The Morgan fingerprint density at radius 2 is 2.16 bits per heavy atom. The van der Waals surface area contributed by atoms with Crippen LogP contribution in [0, 0.1) is 11.8 Å². The van der Waals surface area contributed by atoms with Crippen LogP contribution < -0.4 is 0 Å². The zero-order valence-electron chi connectivity index (χ0n) is 14.6. The third kappa shape index (κ3) is 2.49. The van der Waals surface area contributed by atoms with Crippen molar-refractivity contribution in [2.75, 3.05) is 6.54 Å². The summed E-state index contributed by atoms with van der Waals surface area (Å²) in [6, 6.07) is 9.71. The maximum absolute atomic E-state index is 13.0. The van der Waals surface area contributed by atoms with Crippen molar-refractivity contribution in [3.8, 4) is 0 Å². The van der Waals surface area contributed by atoms with Gasteiger partial charge in [0, 0.05) is 6.04 Å². The Hall–Kier alpha value is -2.14. The van der Waals surface area contributed by atoms with E-state index in [2.05, 4.69) is 6.92 Å². The summed E-state index contributed by atoms with van der Waals surface area (Å²) in [7, 11) is 0. The van der Waals surface area contributed by atoms with Crippen LogP contribution in [0.3, 0.4) is 0 Å². The van der Waals surface area contributed by atoms with Gasteiger partial charge in [-0.15, -0.1) is 0 Å². The number of ether oxygens (including phenoxy) is 2. The quantitative estimate of drug-likeness (QED) is 0.609. The Kier molecular flexibility index (Phi) is 3.91. The first-order valence-corrected chi connectivity index (χ1v) is 8.94. The first kappa shape index (κ1) is 16.3. The minimum absolute atomic E-state index is 0.0165. The average Bonchev–Trinajstić information content (AvgIpc) is 3.28. The van der Waals surface area contributed by atoms with Gasteiger partial charge in [-0.25, -0.2) is 0 Å². The first-order valence-electron chi connectivity index (χ1n) is 8.94. The Bertz CT molecular complexity index is 716. The molecule has 1 amide bonds. The summed E-state index contributed by atoms with van der Waals surface area (Å²) in [5, 5.41) is 0. The summed E-state index contributed by atoms with van der Waals surface area (Å²) in [4.78, 5) is 27.6. The lowest BCUT2D eigenvalue weighted by molar-refractivity contribution is -0.155. The molecular weight excluding hydrogens is 318 g/mol. The molecule has 2 saturated heterocycles. The fourth-order valence-electron chi connectivity index (χ4n) is 4.22. The van der Waals surface area contributed by atoms with Crippen LogP contribution in [0.15, 0.2) is 42.5 Å². The zero-order chi connectivity index (χ0) is 17.6. The maximum Gasteiger partial charge on any atom is 0.313 e. The Morgan fingerprint density at radius 3 is 2.88 bits per heavy atom. The normalized spacial score (nSPS) is 33.6. The highest BCUT2D eigenvalue weighted by molar-refractivity contribution is 5.91. The third-order valence-corrected chi connectivity index (χ3v) is 5.75. The maximum atomic E-state index is 13.0. The van der Waals surface area contributed by atoms with Gasteiger partial charge in [0.1, 0.15) is 18.1 Å². The summed E-state index contributed by atoms with van der Waals surface area (Å²) in [6.07, 6.45) is 4.42. The minimum Gasteiger partial charge on any atom is -0.460 e. The molecule has 5 atom stereocenters. The zero-order valence-corrected chi connectivity index (χ0v) is 14.6. The van der Waals surface area contributed by atoms with Gasteiger partial charge in [-0.05, 0) is 18.9 Å². The van der Waals surface area contributed by atoms with E-state index in [0.717, 1.165) is 12.0 Å². The SMILES string of the molecule is CC[C@H](C)N1C[C@@]23C=C[C@@H](O2)[C@@H](C(=O)OCc2ccccc2)[C@@H]3C1=O. The smallest absolute Gasteiger partial charge is 0.313 e. The Morgan fingerprint density at radius 1 is 1.40 bits per heavy atom. The third-order valence-electron chi connectivity index (χ3n) is 5.75. The van der Waals surface area contributed by atoms with Crippen molar-refractivity contribution in [3.05, 3.63) is 48.0 Å². The van der Waals surface area contributed by atoms with Crippen molar-refractivity contribution in [3.63, 3.8) is 0 Å². The summed E-state index contributed by atoms with van der Waals surface area (Å²) in [6.45, 7) is 4.84. The molecule has 1 aromatic carbocycles. The van der Waals surface area contributed by atoms with E-state index in [1.54, 1.807) is 0 Å². The van der Waals surface area contributed by atoms with Gasteiger partial charge in [0.2, 0.25) is 5.91 Å². The molecule has 2 bridgehead atoms. The highest BCUT2D eigenvalue weighted by atomic mass is 16.6. The van der Waals surface area contributed by atoms with Gasteiger partial charge in [0.05, 0.1) is 18.6 Å². The number of nitrogens with zero attached hydrogens (tertiary/aromatic N) is 1. The van der Waals surface area contributed by atoms with Gasteiger partial charge in [-0.2, -0.15) is 0 Å². The van der Waals surface area contributed by atoms with Crippen LogP contribution >= 0.6 is 0 Å². The molecule has 3 heterocycles. The van der Waals surface area contributed by atoms with E-state index in [4.69, 9.17) is 9.47 Å². The van der Waals surface area contributed by atoms with Crippen LogP contribution in [0.5, 0.6) is 0 Å². The van der Waals surface area contributed by atoms with E-state index < -0.39 is 17.4 Å². The number of carbonyl (C=O) groups is 2. The molecule has 0 saturated carbocycles. The van der Waals surface area contributed by atoms with Crippen molar-refractivity contribution >= 4 is 11.9 Å². The monoisotopic (exact) mass is 341 g/mol. The number of hydrogen-bond donors (Lipinski definition) is 0. The number of hydrogen-bond acceptors (Lipinski definition) is 4. The Balaban J connectivity index is 1.52. The number of benzene rings is 1. The van der Waals surface area contributed by atoms with E-state index in [9.17, 15) is 9.59 Å². The lowest BCUT2D eigenvalue weighted by Crippen LogP contribution is -2.41. The predicted octanol–water partition coefficient (Wildman–Crippen LogP) is 2.31. The average molecular weight is 341 g/mol. The van der Waals surface area contributed by atoms with Gasteiger partial charge >= 0.3 is 5.97 Å². The molecule has 5 nitrogen and oxygen atoms in total. The molecule has 2 fully saturated rings. The molecule has 0 unspecified atom stereocenters. The van der Waals surface area contributed by atoms with Crippen LogP contribution in [-0.4, -0.2) is 41.1 Å². The molecule has 0 radical (unpaired) electrons. The molecule has 4 rings (SSSR count). The predicted molar refractivity (Wildman–Crippen MR) is 91.4 cm³/mol. The molecular formula is C20H23NO4. The highest BCUT2D eigenvalue weighted by Gasteiger charge is 2.67. The number of fused-ring (bicyclic) bond motifs is 1. The lowest BCUT2D eigenvalue weighted by Gasteiger charge is -2.26. The first-order chi connectivity index (χ1) is 12.1. The largest absolute Gasteiger partial charge is 0.460 e. The van der Waals surface area contributed by atoms with E-state index >= 15 is 0 Å². The van der Waals surface area contributed by atoms with Gasteiger partial charge in [0.25, 0.3) is 0 Å². The fraction of sp³-hybridized carbons (Fsp3) is 0.500. The van der Waals surface area contributed by atoms with Gasteiger partial charge in [0.15, 0.2) is 0 Å². The van der Waals surface area contributed by atoms with Crippen LogP contribution in [0.2, 0.25) is 0 Å². The van der Waals surface area contributed by atoms with Gasteiger partial charge < -0.3 is 14.4 Å².